The molecule has 1 atom stereocenters. The molecule has 0 bridgehead atoms. The highest BCUT2D eigenvalue weighted by Gasteiger charge is 2.27. The van der Waals surface area contributed by atoms with Crippen molar-refractivity contribution in [3.8, 4) is 11.5 Å². The third-order valence-corrected chi connectivity index (χ3v) is 7.87. The van der Waals surface area contributed by atoms with Gasteiger partial charge in [-0.1, -0.05) is 0 Å². The minimum atomic E-state index is -3.46. The number of methoxy groups -OCH3 is 2. The van der Waals surface area contributed by atoms with E-state index in [2.05, 4.69) is 5.32 Å². The van der Waals surface area contributed by atoms with Gasteiger partial charge in [0.2, 0.25) is 15.9 Å². The predicted octanol–water partition coefficient (Wildman–Crippen LogP) is 3.61. The number of nitrogens with zero attached hydrogens (tertiary/aromatic N) is 1. The fraction of sp³-hybridized carbons (Fsp3) is 0.381. The number of carbonyl (C=O) groups excluding carboxylic acids is 1. The molecule has 2 aromatic carbocycles. The van der Waals surface area contributed by atoms with Crippen LogP contribution in [0.2, 0.25) is 0 Å². The number of sulfonamides is 1. The lowest BCUT2D eigenvalue weighted by Crippen LogP contribution is -2.27. The van der Waals surface area contributed by atoms with E-state index in [1.165, 1.54) is 28.2 Å². The van der Waals surface area contributed by atoms with E-state index in [0.717, 1.165) is 17.7 Å². The Morgan fingerprint density at radius 2 is 1.67 bits per heavy atom. The van der Waals surface area contributed by atoms with Gasteiger partial charge in [0, 0.05) is 23.7 Å². The lowest BCUT2D eigenvalue weighted by molar-refractivity contribution is -0.115. The fourth-order valence-electron chi connectivity index (χ4n) is 3.18. The van der Waals surface area contributed by atoms with E-state index < -0.39 is 10.0 Å². The number of nitrogens with one attached hydrogen (secondary N) is 1. The Morgan fingerprint density at radius 1 is 1.03 bits per heavy atom. The van der Waals surface area contributed by atoms with Crippen LogP contribution in [0, 0.1) is 0 Å². The first-order valence-corrected chi connectivity index (χ1v) is 12.0. The molecule has 162 valence electrons. The topological polar surface area (TPSA) is 84.9 Å². The first kappa shape index (κ1) is 22.5. The van der Waals surface area contributed by atoms with E-state index in [1.807, 2.05) is 19.1 Å². The monoisotopic (exact) mass is 450 g/mol. The Morgan fingerprint density at radius 3 is 2.27 bits per heavy atom. The zero-order valence-corrected chi connectivity index (χ0v) is 18.9. The van der Waals surface area contributed by atoms with Crippen molar-refractivity contribution >= 4 is 33.4 Å². The first-order chi connectivity index (χ1) is 14.3. The highest BCUT2D eigenvalue weighted by molar-refractivity contribution is 8.00. The Kier molecular flexibility index (Phi) is 7.27. The van der Waals surface area contributed by atoms with E-state index in [1.54, 1.807) is 32.4 Å². The highest BCUT2D eigenvalue weighted by Crippen LogP contribution is 2.33. The quantitative estimate of drug-likeness (QED) is 0.619. The fourth-order valence-corrected chi connectivity index (χ4v) is 5.59. The third-order valence-electron chi connectivity index (χ3n) is 4.86. The molecule has 0 saturated carbocycles. The lowest BCUT2D eigenvalue weighted by atomic mass is 10.3. The van der Waals surface area contributed by atoms with Crippen molar-refractivity contribution in [3.05, 3.63) is 42.5 Å². The molecule has 1 amide bonds. The van der Waals surface area contributed by atoms with Gasteiger partial charge in [-0.3, -0.25) is 4.79 Å². The number of anilines is 1. The molecule has 0 unspecified atom stereocenters. The number of hydrogen-bond donors (Lipinski definition) is 1. The minimum absolute atomic E-state index is 0.176. The summed E-state index contributed by atoms with van der Waals surface area (Å²) in [5.41, 5.74) is 0.556. The largest absolute Gasteiger partial charge is 0.493 e. The maximum Gasteiger partial charge on any atom is 0.243 e. The van der Waals surface area contributed by atoms with E-state index in [-0.39, 0.29) is 16.1 Å². The van der Waals surface area contributed by atoms with Crippen molar-refractivity contribution in [2.24, 2.45) is 0 Å². The molecular weight excluding hydrogens is 424 g/mol. The molecule has 30 heavy (non-hydrogen) atoms. The first-order valence-electron chi connectivity index (χ1n) is 9.65. The number of hydrogen-bond acceptors (Lipinski definition) is 6. The van der Waals surface area contributed by atoms with Crippen molar-refractivity contribution in [1.29, 1.82) is 0 Å². The van der Waals surface area contributed by atoms with E-state index in [4.69, 9.17) is 9.47 Å². The van der Waals surface area contributed by atoms with Gasteiger partial charge in [-0.05, 0) is 62.2 Å². The number of ether oxygens (including phenoxy) is 2. The summed E-state index contributed by atoms with van der Waals surface area (Å²) in [6.45, 7) is 2.93. The summed E-state index contributed by atoms with van der Waals surface area (Å²) in [4.78, 5) is 13.7. The van der Waals surface area contributed by atoms with E-state index >= 15 is 0 Å². The SMILES string of the molecule is COc1ccc(S[C@H](C)C(=O)Nc2ccc(S(=O)(=O)N3CCCC3)cc2)cc1OC. The molecule has 1 aliphatic heterocycles. The van der Waals surface area contributed by atoms with Crippen LogP contribution >= 0.6 is 11.8 Å². The summed E-state index contributed by atoms with van der Waals surface area (Å²) < 4.78 is 37.2. The molecule has 1 fully saturated rings. The molecule has 0 radical (unpaired) electrons. The van der Waals surface area contributed by atoms with Gasteiger partial charge >= 0.3 is 0 Å². The van der Waals surface area contributed by atoms with Crippen molar-refractivity contribution in [2.45, 2.75) is 34.8 Å². The molecule has 3 rings (SSSR count). The Balaban J connectivity index is 1.63. The summed E-state index contributed by atoms with van der Waals surface area (Å²) in [5, 5.41) is 2.47. The van der Waals surface area contributed by atoms with E-state index in [9.17, 15) is 13.2 Å². The van der Waals surface area contributed by atoms with Crippen molar-refractivity contribution in [1.82, 2.24) is 4.31 Å². The molecule has 1 saturated heterocycles. The van der Waals surface area contributed by atoms with Crippen LogP contribution in [0.15, 0.2) is 52.3 Å². The van der Waals surface area contributed by atoms with Gasteiger partial charge < -0.3 is 14.8 Å². The zero-order chi connectivity index (χ0) is 21.7. The van der Waals surface area contributed by atoms with Gasteiger partial charge in [0.1, 0.15) is 0 Å². The summed E-state index contributed by atoms with van der Waals surface area (Å²) in [7, 11) is -0.322. The van der Waals surface area contributed by atoms with Crippen LogP contribution in [-0.4, -0.2) is 51.2 Å². The van der Waals surface area contributed by atoms with Crippen molar-refractivity contribution in [2.75, 3.05) is 32.6 Å². The average molecular weight is 451 g/mol. The molecule has 2 aromatic rings. The van der Waals surface area contributed by atoms with Crippen LogP contribution in [0.25, 0.3) is 0 Å². The average Bonchev–Trinajstić information content (AvgIpc) is 3.30. The van der Waals surface area contributed by atoms with Gasteiger partial charge in [-0.15, -0.1) is 11.8 Å². The van der Waals surface area contributed by atoms with Crippen LogP contribution in [0.3, 0.4) is 0 Å². The molecule has 0 aliphatic carbocycles. The summed E-state index contributed by atoms with van der Waals surface area (Å²) >= 11 is 1.39. The Labute approximate surface area is 181 Å². The van der Waals surface area contributed by atoms with Crippen molar-refractivity contribution in [3.63, 3.8) is 0 Å². The third kappa shape index (κ3) is 5.08. The predicted molar refractivity (Wildman–Crippen MR) is 118 cm³/mol. The van der Waals surface area contributed by atoms with Crippen LogP contribution < -0.4 is 14.8 Å². The van der Waals surface area contributed by atoms with E-state index in [0.29, 0.717) is 30.3 Å². The second-order valence-corrected chi connectivity index (χ2v) is 10.3. The summed E-state index contributed by atoms with van der Waals surface area (Å²) in [6.07, 6.45) is 1.78. The molecule has 1 heterocycles. The van der Waals surface area contributed by atoms with Crippen LogP contribution in [-0.2, 0) is 14.8 Å². The van der Waals surface area contributed by atoms with Gasteiger partial charge in [-0.25, -0.2) is 8.42 Å². The van der Waals surface area contributed by atoms with Gasteiger partial charge in [0.05, 0.1) is 24.4 Å². The molecule has 9 heteroatoms. The summed E-state index contributed by atoms with van der Waals surface area (Å²) in [6, 6.07) is 11.8. The lowest BCUT2D eigenvalue weighted by Gasteiger charge is -2.16. The molecule has 1 aliphatic rings. The normalized spacial score (nSPS) is 15.6. The minimum Gasteiger partial charge on any atom is -0.493 e. The Hall–Kier alpha value is -2.23. The summed E-state index contributed by atoms with van der Waals surface area (Å²) in [5.74, 6) is 1.05. The molecule has 7 nitrogen and oxygen atoms in total. The number of carbonyl (C=O) groups is 1. The second-order valence-electron chi connectivity index (χ2n) is 6.90. The standard InChI is InChI=1S/C21H26N2O5S2/c1-15(29-17-8-11-19(27-2)20(14-17)28-3)21(24)22-16-6-9-18(10-7-16)30(25,26)23-12-4-5-13-23/h6-11,14-15H,4-5,12-13H2,1-3H3,(H,22,24)/t15-/m1/s1. The van der Waals surface area contributed by atoms with Gasteiger partial charge in [0.15, 0.2) is 11.5 Å². The van der Waals surface area contributed by atoms with Crippen LogP contribution in [0.5, 0.6) is 11.5 Å². The van der Waals surface area contributed by atoms with Gasteiger partial charge in [-0.2, -0.15) is 4.31 Å². The number of amides is 1. The maximum atomic E-state index is 12.6. The maximum absolute atomic E-state index is 12.6. The number of thioether (sulfide) groups is 1. The Bertz CT molecular complexity index is 987. The van der Waals surface area contributed by atoms with Crippen LogP contribution in [0.4, 0.5) is 5.69 Å². The van der Waals surface area contributed by atoms with Crippen LogP contribution in [0.1, 0.15) is 19.8 Å². The van der Waals surface area contributed by atoms with Gasteiger partial charge in [0.25, 0.3) is 0 Å². The molecular formula is C21H26N2O5S2. The number of benzene rings is 2. The highest BCUT2D eigenvalue weighted by atomic mass is 32.2. The second kappa shape index (κ2) is 9.72. The zero-order valence-electron chi connectivity index (χ0n) is 17.3. The van der Waals surface area contributed by atoms with Crippen molar-refractivity contribution < 1.29 is 22.7 Å². The number of rotatable bonds is 8. The molecule has 0 aromatic heterocycles. The smallest absolute Gasteiger partial charge is 0.243 e. The molecule has 0 spiro atoms. The molecule has 1 N–H and O–H groups in total.